The first-order chi connectivity index (χ1) is 11.7. The molecule has 1 atom stereocenters. The van der Waals surface area contributed by atoms with Gasteiger partial charge in [0.2, 0.25) is 0 Å². The van der Waals surface area contributed by atoms with Crippen LogP contribution in [0.2, 0.25) is 5.02 Å². The lowest BCUT2D eigenvalue weighted by Gasteiger charge is -2.09. The molecule has 3 N–H and O–H groups in total. The van der Waals surface area contributed by atoms with E-state index in [0.29, 0.717) is 27.5 Å². The standard InChI is InChI=1S/C18H21ClN2O4/c1-9-7-13(19)5-6-14(9)21-15(23)8-25-18(24)17-10(2)16(12(4)22)11(3)20-17/h5-7,12,20,22H,8H2,1-4H3,(H,21,23)/t12-/m0/s1. The first-order valence-corrected chi connectivity index (χ1v) is 8.18. The van der Waals surface area contributed by atoms with Crippen LogP contribution in [0.15, 0.2) is 18.2 Å². The molecular formula is C18H21ClN2O4. The Morgan fingerprint density at radius 2 is 2.00 bits per heavy atom. The fraction of sp³-hybridized carbons (Fsp3) is 0.333. The summed E-state index contributed by atoms with van der Waals surface area (Å²) in [7, 11) is 0. The predicted octanol–water partition coefficient (Wildman–Crippen LogP) is 3.44. The van der Waals surface area contributed by atoms with E-state index < -0.39 is 24.6 Å². The molecule has 6 nitrogen and oxygen atoms in total. The molecular weight excluding hydrogens is 344 g/mol. The zero-order valence-corrected chi connectivity index (χ0v) is 15.3. The summed E-state index contributed by atoms with van der Waals surface area (Å²) in [4.78, 5) is 27.1. The van der Waals surface area contributed by atoms with Gasteiger partial charge in [-0.2, -0.15) is 0 Å². The lowest BCUT2D eigenvalue weighted by molar-refractivity contribution is -0.119. The number of hydrogen-bond acceptors (Lipinski definition) is 4. The van der Waals surface area contributed by atoms with Crippen molar-refractivity contribution in [1.82, 2.24) is 4.98 Å². The van der Waals surface area contributed by atoms with Crippen molar-refractivity contribution < 1.29 is 19.4 Å². The number of esters is 1. The molecule has 1 amide bonds. The number of halogens is 1. The largest absolute Gasteiger partial charge is 0.451 e. The Balaban J connectivity index is 2.00. The van der Waals surface area contributed by atoms with Gasteiger partial charge in [0.05, 0.1) is 6.10 Å². The van der Waals surface area contributed by atoms with E-state index in [-0.39, 0.29) is 5.69 Å². The van der Waals surface area contributed by atoms with E-state index in [1.54, 1.807) is 39.0 Å². The number of aryl methyl sites for hydroxylation is 2. The number of rotatable bonds is 5. The maximum Gasteiger partial charge on any atom is 0.355 e. The molecule has 0 aliphatic heterocycles. The van der Waals surface area contributed by atoms with E-state index in [0.717, 1.165) is 5.56 Å². The minimum absolute atomic E-state index is 0.240. The smallest absolute Gasteiger partial charge is 0.355 e. The van der Waals surface area contributed by atoms with Gasteiger partial charge in [0, 0.05) is 22.0 Å². The van der Waals surface area contributed by atoms with Gasteiger partial charge in [-0.05, 0) is 57.0 Å². The number of aromatic nitrogens is 1. The van der Waals surface area contributed by atoms with Gasteiger partial charge in [0.15, 0.2) is 6.61 Å². The first kappa shape index (κ1) is 19.0. The number of H-pyrrole nitrogens is 1. The minimum Gasteiger partial charge on any atom is -0.451 e. The molecule has 134 valence electrons. The summed E-state index contributed by atoms with van der Waals surface area (Å²) in [5.41, 5.74) is 3.63. The number of carbonyl (C=O) groups excluding carboxylic acids is 2. The summed E-state index contributed by atoms with van der Waals surface area (Å²) < 4.78 is 5.06. The number of aromatic amines is 1. The second kappa shape index (κ2) is 7.72. The van der Waals surface area contributed by atoms with E-state index in [4.69, 9.17) is 16.3 Å². The van der Waals surface area contributed by atoms with Crippen molar-refractivity contribution in [2.24, 2.45) is 0 Å². The molecule has 0 bridgehead atoms. The maximum atomic E-state index is 12.2. The lowest BCUT2D eigenvalue weighted by atomic mass is 10.1. The van der Waals surface area contributed by atoms with Gasteiger partial charge < -0.3 is 20.1 Å². The molecule has 0 aliphatic rings. The zero-order valence-electron chi connectivity index (χ0n) is 14.6. The van der Waals surface area contributed by atoms with Crippen LogP contribution < -0.4 is 5.32 Å². The van der Waals surface area contributed by atoms with Crippen LogP contribution >= 0.6 is 11.6 Å². The van der Waals surface area contributed by atoms with Crippen molar-refractivity contribution in [3.05, 3.63) is 51.3 Å². The molecule has 0 unspecified atom stereocenters. The van der Waals surface area contributed by atoms with Crippen molar-refractivity contribution in [2.45, 2.75) is 33.8 Å². The molecule has 1 aromatic heterocycles. The molecule has 0 aliphatic carbocycles. The Morgan fingerprint density at radius 1 is 1.32 bits per heavy atom. The van der Waals surface area contributed by atoms with Gasteiger partial charge >= 0.3 is 5.97 Å². The number of anilines is 1. The molecule has 2 rings (SSSR count). The number of amides is 1. The van der Waals surface area contributed by atoms with Crippen LogP contribution in [0.25, 0.3) is 0 Å². The number of nitrogens with one attached hydrogen (secondary N) is 2. The summed E-state index contributed by atoms with van der Waals surface area (Å²) in [6.07, 6.45) is -0.700. The third-order valence-electron chi connectivity index (χ3n) is 3.91. The molecule has 0 radical (unpaired) electrons. The van der Waals surface area contributed by atoms with E-state index >= 15 is 0 Å². The Bertz CT molecular complexity index is 812. The molecule has 7 heteroatoms. The molecule has 1 aromatic carbocycles. The molecule has 2 aromatic rings. The Hall–Kier alpha value is -2.31. The topological polar surface area (TPSA) is 91.4 Å². The highest BCUT2D eigenvalue weighted by molar-refractivity contribution is 6.30. The molecule has 0 spiro atoms. The van der Waals surface area contributed by atoms with Crippen LogP contribution in [0.5, 0.6) is 0 Å². The fourth-order valence-electron chi connectivity index (χ4n) is 2.75. The summed E-state index contributed by atoms with van der Waals surface area (Å²) >= 11 is 5.87. The fourth-order valence-corrected chi connectivity index (χ4v) is 2.98. The van der Waals surface area contributed by atoms with Crippen molar-refractivity contribution in [1.29, 1.82) is 0 Å². The third-order valence-corrected chi connectivity index (χ3v) is 4.15. The molecule has 1 heterocycles. The van der Waals surface area contributed by atoms with Crippen LogP contribution in [0.3, 0.4) is 0 Å². The zero-order chi connectivity index (χ0) is 18.7. The SMILES string of the molecule is Cc1cc(Cl)ccc1NC(=O)COC(=O)c1[nH]c(C)c([C@H](C)O)c1C. The number of aliphatic hydroxyl groups is 1. The summed E-state index contributed by atoms with van der Waals surface area (Å²) in [5, 5.41) is 13.0. The van der Waals surface area contributed by atoms with Gasteiger partial charge in [-0.1, -0.05) is 11.6 Å². The number of benzene rings is 1. The van der Waals surface area contributed by atoms with Gasteiger partial charge in [0.25, 0.3) is 5.91 Å². The quantitative estimate of drug-likeness (QED) is 0.709. The van der Waals surface area contributed by atoms with Crippen molar-refractivity contribution in [2.75, 3.05) is 11.9 Å². The normalized spacial score (nSPS) is 11.9. The van der Waals surface area contributed by atoms with Crippen LogP contribution in [-0.4, -0.2) is 28.6 Å². The number of ether oxygens (including phenoxy) is 1. The van der Waals surface area contributed by atoms with E-state index in [9.17, 15) is 14.7 Å². The third kappa shape index (κ3) is 4.41. The summed E-state index contributed by atoms with van der Waals surface area (Å²) in [6.45, 7) is 6.51. The first-order valence-electron chi connectivity index (χ1n) is 7.81. The highest BCUT2D eigenvalue weighted by atomic mass is 35.5. The molecule has 0 saturated heterocycles. The van der Waals surface area contributed by atoms with E-state index in [1.165, 1.54) is 0 Å². The van der Waals surface area contributed by atoms with Crippen LogP contribution in [0.1, 0.15) is 45.9 Å². The Kier molecular flexibility index (Phi) is 5.87. The average molecular weight is 365 g/mol. The summed E-state index contributed by atoms with van der Waals surface area (Å²) in [6, 6.07) is 5.08. The van der Waals surface area contributed by atoms with Gasteiger partial charge in [-0.25, -0.2) is 4.79 Å². The van der Waals surface area contributed by atoms with Gasteiger partial charge in [0.1, 0.15) is 5.69 Å². The van der Waals surface area contributed by atoms with Gasteiger partial charge in [-0.15, -0.1) is 0 Å². The second-order valence-electron chi connectivity index (χ2n) is 5.92. The van der Waals surface area contributed by atoms with Gasteiger partial charge in [-0.3, -0.25) is 4.79 Å². The molecule has 0 saturated carbocycles. The van der Waals surface area contributed by atoms with Crippen molar-refractivity contribution in [3.63, 3.8) is 0 Å². The van der Waals surface area contributed by atoms with Crippen LogP contribution in [0, 0.1) is 20.8 Å². The lowest BCUT2D eigenvalue weighted by Crippen LogP contribution is -2.21. The second-order valence-corrected chi connectivity index (χ2v) is 6.36. The predicted molar refractivity (Wildman–Crippen MR) is 96.0 cm³/mol. The average Bonchev–Trinajstić information content (AvgIpc) is 2.82. The molecule has 25 heavy (non-hydrogen) atoms. The summed E-state index contributed by atoms with van der Waals surface area (Å²) in [5.74, 6) is -1.09. The van der Waals surface area contributed by atoms with Crippen LogP contribution in [0.4, 0.5) is 5.69 Å². The van der Waals surface area contributed by atoms with Crippen molar-refractivity contribution in [3.8, 4) is 0 Å². The maximum absolute atomic E-state index is 12.2. The monoisotopic (exact) mass is 364 g/mol. The number of aliphatic hydroxyl groups excluding tert-OH is 1. The number of carbonyl (C=O) groups is 2. The van der Waals surface area contributed by atoms with Crippen molar-refractivity contribution >= 4 is 29.2 Å². The van der Waals surface area contributed by atoms with Crippen LogP contribution in [-0.2, 0) is 9.53 Å². The Labute approximate surface area is 151 Å². The highest BCUT2D eigenvalue weighted by Crippen LogP contribution is 2.25. The molecule has 0 fully saturated rings. The van der Waals surface area contributed by atoms with E-state index in [2.05, 4.69) is 10.3 Å². The van der Waals surface area contributed by atoms with E-state index in [1.807, 2.05) is 6.92 Å². The minimum atomic E-state index is -0.700. The highest BCUT2D eigenvalue weighted by Gasteiger charge is 2.21. The Morgan fingerprint density at radius 3 is 2.56 bits per heavy atom. The number of hydrogen-bond donors (Lipinski definition) is 3.